The van der Waals surface area contributed by atoms with Gasteiger partial charge in [0.25, 0.3) is 0 Å². The van der Waals surface area contributed by atoms with Crippen LogP contribution in [0.4, 0.5) is 18.9 Å². The predicted octanol–water partition coefficient (Wildman–Crippen LogP) is 3.48. The molecule has 0 amide bonds. The van der Waals surface area contributed by atoms with Gasteiger partial charge < -0.3 is 10.3 Å². The molecule has 0 radical (unpaired) electrons. The molecule has 1 aromatic rings. The van der Waals surface area contributed by atoms with E-state index in [4.69, 9.17) is 0 Å². The Morgan fingerprint density at radius 3 is 2.61 bits per heavy atom. The number of alkyl halides is 3. The molecule has 0 spiro atoms. The third kappa shape index (κ3) is 4.18. The maximum atomic E-state index is 13.4. The van der Waals surface area contributed by atoms with Crippen molar-refractivity contribution in [2.45, 2.75) is 50.4 Å². The highest BCUT2D eigenvalue weighted by Gasteiger charge is 2.50. The molecule has 0 aliphatic carbocycles. The molecule has 2 N–H and O–H groups in total. The van der Waals surface area contributed by atoms with Crippen LogP contribution in [-0.2, 0) is 0 Å². The van der Waals surface area contributed by atoms with Gasteiger partial charge in [0.05, 0.1) is 5.69 Å². The number of nitrogens with one attached hydrogen (secondary N) is 2. The number of hydrogen-bond donors (Lipinski definition) is 2. The Hall–Kier alpha value is -1.27. The minimum atomic E-state index is -4.22. The second-order valence-electron chi connectivity index (χ2n) is 6.59. The van der Waals surface area contributed by atoms with Gasteiger partial charge in [0.2, 0.25) is 0 Å². The number of hydrogen-bond acceptors (Lipinski definition) is 3. The van der Waals surface area contributed by atoms with Crippen molar-refractivity contribution in [1.29, 1.82) is 0 Å². The summed E-state index contributed by atoms with van der Waals surface area (Å²) in [5.74, 6) is -0.425. The number of rotatable bonds is 3. The minimum absolute atomic E-state index is 0.199. The highest BCUT2D eigenvalue weighted by Crippen LogP contribution is 2.35. The smallest absolute Gasteiger partial charge is 0.314 e. The fraction of sp³-hybridized carbons (Fsp3) is 0.647. The van der Waals surface area contributed by atoms with Gasteiger partial charge in [-0.25, -0.2) is 5.43 Å². The van der Waals surface area contributed by atoms with Gasteiger partial charge in [-0.05, 0) is 37.9 Å². The molecule has 2 heterocycles. The maximum Gasteiger partial charge on any atom is 0.405 e. The maximum absolute atomic E-state index is 13.4. The monoisotopic (exact) mass is 327 g/mol. The quantitative estimate of drug-likeness (QED) is 0.890. The number of nitrogens with zero attached hydrogens (tertiary/aromatic N) is 1. The van der Waals surface area contributed by atoms with Gasteiger partial charge in [0.15, 0.2) is 0 Å². The summed E-state index contributed by atoms with van der Waals surface area (Å²) in [6.07, 6.45) is 0.728. The molecule has 0 bridgehead atoms. The van der Waals surface area contributed by atoms with Crippen molar-refractivity contribution >= 4 is 5.69 Å². The van der Waals surface area contributed by atoms with Crippen molar-refractivity contribution < 1.29 is 13.2 Å². The second-order valence-corrected chi connectivity index (χ2v) is 6.59. The largest absolute Gasteiger partial charge is 0.405 e. The first kappa shape index (κ1) is 16.6. The van der Waals surface area contributed by atoms with Gasteiger partial charge in [0, 0.05) is 18.5 Å². The molecule has 0 aromatic heterocycles. The average Bonchev–Trinajstić information content (AvgIpc) is 2.78. The molecule has 3 rings (SSSR count). The van der Waals surface area contributed by atoms with Crippen LogP contribution in [0.2, 0.25) is 0 Å². The molecule has 6 heteroatoms. The Bertz CT molecular complexity index is 484. The van der Waals surface area contributed by atoms with Gasteiger partial charge in [0.1, 0.15) is 6.04 Å². The molecule has 3 unspecified atom stereocenters. The zero-order valence-electron chi connectivity index (χ0n) is 13.1. The molecule has 1 aromatic carbocycles. The third-order valence-electron chi connectivity index (χ3n) is 4.85. The first-order chi connectivity index (χ1) is 11.0. The van der Waals surface area contributed by atoms with E-state index in [9.17, 15) is 13.2 Å². The van der Waals surface area contributed by atoms with Gasteiger partial charge in [-0.1, -0.05) is 31.0 Å². The number of benzene rings is 1. The van der Waals surface area contributed by atoms with Gasteiger partial charge in [-0.2, -0.15) is 13.2 Å². The molecule has 2 aliphatic rings. The van der Waals surface area contributed by atoms with E-state index < -0.39 is 18.1 Å². The van der Waals surface area contributed by atoms with E-state index in [-0.39, 0.29) is 6.04 Å². The van der Waals surface area contributed by atoms with Crippen LogP contribution in [0.25, 0.3) is 0 Å². The third-order valence-corrected chi connectivity index (χ3v) is 4.85. The highest BCUT2D eigenvalue weighted by atomic mass is 19.4. The van der Waals surface area contributed by atoms with E-state index in [1.165, 1.54) is 6.42 Å². The number of para-hydroxylation sites is 1. The summed E-state index contributed by atoms with van der Waals surface area (Å²) >= 11 is 0. The fourth-order valence-corrected chi connectivity index (χ4v) is 3.67. The van der Waals surface area contributed by atoms with Crippen LogP contribution in [0.3, 0.4) is 0 Å². The van der Waals surface area contributed by atoms with E-state index >= 15 is 0 Å². The van der Waals surface area contributed by atoms with Crippen LogP contribution in [0, 0.1) is 5.92 Å². The molecule has 2 saturated heterocycles. The highest BCUT2D eigenvalue weighted by molar-refractivity contribution is 5.46. The summed E-state index contributed by atoms with van der Waals surface area (Å²) in [6, 6.07) is 7.98. The standard InChI is InChI=1S/C17H24F3N3/c18-17(19,20)16-13(11-14-7-3-2-6-10-21-14)12-23(22-16)15-8-4-1-5-9-15/h1,4-5,8-9,13-14,16,21-22H,2-3,6-7,10-12H2. The van der Waals surface area contributed by atoms with E-state index in [0.717, 1.165) is 31.5 Å². The SMILES string of the molecule is FC(F)(F)C1NN(c2ccccc2)CC1CC1CCCCCN1. The van der Waals surface area contributed by atoms with Gasteiger partial charge in [-0.15, -0.1) is 0 Å². The number of anilines is 1. The van der Waals surface area contributed by atoms with Crippen LogP contribution in [0.5, 0.6) is 0 Å². The topological polar surface area (TPSA) is 27.3 Å². The van der Waals surface area contributed by atoms with Crippen LogP contribution >= 0.6 is 0 Å². The van der Waals surface area contributed by atoms with Gasteiger partial charge >= 0.3 is 6.18 Å². The van der Waals surface area contributed by atoms with Crippen molar-refractivity contribution in [1.82, 2.24) is 10.7 Å². The van der Waals surface area contributed by atoms with Crippen LogP contribution in [0.1, 0.15) is 32.1 Å². The fourth-order valence-electron chi connectivity index (χ4n) is 3.67. The Labute approximate surface area is 135 Å². The summed E-state index contributed by atoms with van der Waals surface area (Å²) < 4.78 is 40.3. The molecule has 3 atom stereocenters. The summed E-state index contributed by atoms with van der Waals surface area (Å²) in [4.78, 5) is 0. The molecule has 2 aliphatic heterocycles. The lowest BCUT2D eigenvalue weighted by Gasteiger charge is -2.25. The first-order valence-electron chi connectivity index (χ1n) is 8.43. The lowest BCUT2D eigenvalue weighted by atomic mass is 9.91. The normalized spacial score (nSPS) is 29.5. The molecule has 0 saturated carbocycles. The molecule has 23 heavy (non-hydrogen) atoms. The summed E-state index contributed by atoms with van der Waals surface area (Å²) in [6.45, 7) is 1.32. The van der Waals surface area contributed by atoms with Crippen LogP contribution in [0.15, 0.2) is 30.3 Å². The summed E-state index contributed by atoms with van der Waals surface area (Å²) in [5.41, 5.74) is 3.47. The Kier molecular flexibility index (Phi) is 5.11. The van der Waals surface area contributed by atoms with Crippen LogP contribution < -0.4 is 15.8 Å². The minimum Gasteiger partial charge on any atom is -0.314 e. The van der Waals surface area contributed by atoms with Crippen molar-refractivity contribution in [3.05, 3.63) is 30.3 Å². The number of halogens is 3. The van der Waals surface area contributed by atoms with E-state index in [2.05, 4.69) is 10.7 Å². The van der Waals surface area contributed by atoms with E-state index in [0.29, 0.717) is 13.0 Å². The van der Waals surface area contributed by atoms with Crippen molar-refractivity contribution in [2.75, 3.05) is 18.1 Å². The van der Waals surface area contributed by atoms with Crippen molar-refractivity contribution in [3.63, 3.8) is 0 Å². The van der Waals surface area contributed by atoms with Crippen molar-refractivity contribution in [2.24, 2.45) is 5.92 Å². The Morgan fingerprint density at radius 1 is 1.09 bits per heavy atom. The zero-order valence-corrected chi connectivity index (χ0v) is 13.1. The Morgan fingerprint density at radius 2 is 1.87 bits per heavy atom. The van der Waals surface area contributed by atoms with Crippen molar-refractivity contribution in [3.8, 4) is 0 Å². The summed E-state index contributed by atoms with van der Waals surface area (Å²) in [5, 5.41) is 5.07. The second kappa shape index (κ2) is 7.09. The molecule has 2 fully saturated rings. The summed E-state index contributed by atoms with van der Waals surface area (Å²) in [7, 11) is 0. The van der Waals surface area contributed by atoms with E-state index in [1.54, 1.807) is 5.01 Å². The molecular weight excluding hydrogens is 303 g/mol. The molecular formula is C17H24F3N3. The average molecular weight is 327 g/mol. The van der Waals surface area contributed by atoms with Crippen LogP contribution in [-0.4, -0.2) is 31.3 Å². The molecule has 128 valence electrons. The lowest BCUT2D eigenvalue weighted by molar-refractivity contribution is -0.161. The van der Waals surface area contributed by atoms with E-state index in [1.807, 2.05) is 30.3 Å². The zero-order chi connectivity index (χ0) is 16.3. The molecule has 3 nitrogen and oxygen atoms in total. The van der Waals surface area contributed by atoms with Gasteiger partial charge in [-0.3, -0.25) is 0 Å². The first-order valence-corrected chi connectivity index (χ1v) is 8.43. The predicted molar refractivity (Wildman–Crippen MR) is 85.1 cm³/mol. The lowest BCUT2D eigenvalue weighted by Crippen LogP contribution is -2.46. The number of hydrazine groups is 1. The Balaban J connectivity index is 1.71.